The molecular weight excluding hydrogens is 276 g/mol. The largest absolute Gasteiger partial charge is 0.352 e. The zero-order chi connectivity index (χ0) is 14.6. The Balaban J connectivity index is 1.88. The van der Waals surface area contributed by atoms with Gasteiger partial charge in [0, 0.05) is 19.1 Å². The van der Waals surface area contributed by atoms with Crippen LogP contribution in [0.3, 0.4) is 0 Å². The first-order valence-electron chi connectivity index (χ1n) is 7.76. The van der Waals surface area contributed by atoms with Crippen LogP contribution >= 0.6 is 0 Å². The van der Waals surface area contributed by atoms with Crippen LogP contribution in [0.15, 0.2) is 0 Å². The Hall–Kier alpha value is -0.620. The lowest BCUT2D eigenvalue weighted by Gasteiger charge is -2.34. The fourth-order valence-electron chi connectivity index (χ4n) is 3.19. The summed E-state index contributed by atoms with van der Waals surface area (Å²) in [7, 11) is -2.88. The molecule has 0 bridgehead atoms. The third-order valence-electron chi connectivity index (χ3n) is 4.46. The molecule has 1 N–H and O–H groups in total. The summed E-state index contributed by atoms with van der Waals surface area (Å²) in [5, 5.41) is 3.16. The van der Waals surface area contributed by atoms with Crippen molar-refractivity contribution in [3.05, 3.63) is 0 Å². The van der Waals surface area contributed by atoms with E-state index in [4.69, 9.17) is 0 Å². The molecule has 2 rings (SSSR count). The molecule has 1 amide bonds. The van der Waals surface area contributed by atoms with E-state index in [-0.39, 0.29) is 23.5 Å². The maximum atomic E-state index is 12.4. The maximum absolute atomic E-state index is 12.4. The Morgan fingerprint density at radius 3 is 2.35 bits per heavy atom. The summed E-state index contributed by atoms with van der Waals surface area (Å²) in [5.74, 6) is 0.444. The zero-order valence-electron chi connectivity index (χ0n) is 12.3. The first kappa shape index (κ1) is 15.8. The van der Waals surface area contributed by atoms with Crippen molar-refractivity contribution in [2.45, 2.75) is 57.5 Å². The molecule has 0 spiro atoms. The van der Waals surface area contributed by atoms with Gasteiger partial charge in [-0.05, 0) is 19.3 Å². The SMILES string of the molecule is CCC(C(=O)NC1CCCCC1)N1CCS(=O)(=O)CC1. The highest BCUT2D eigenvalue weighted by Gasteiger charge is 2.31. The summed E-state index contributed by atoms with van der Waals surface area (Å²) in [4.78, 5) is 14.4. The number of rotatable bonds is 4. The van der Waals surface area contributed by atoms with E-state index in [9.17, 15) is 13.2 Å². The predicted molar refractivity (Wildman–Crippen MR) is 79.3 cm³/mol. The van der Waals surface area contributed by atoms with E-state index in [0.29, 0.717) is 19.1 Å². The molecule has 1 atom stereocenters. The van der Waals surface area contributed by atoms with Crippen molar-refractivity contribution in [2.24, 2.45) is 0 Å². The van der Waals surface area contributed by atoms with Crippen LogP contribution in [-0.2, 0) is 14.6 Å². The Bertz CT molecular complexity index is 416. The summed E-state index contributed by atoms with van der Waals surface area (Å²) < 4.78 is 22.9. The highest BCUT2D eigenvalue weighted by atomic mass is 32.2. The van der Waals surface area contributed by atoms with Gasteiger partial charge in [-0.25, -0.2) is 8.42 Å². The number of carbonyl (C=O) groups is 1. The van der Waals surface area contributed by atoms with Gasteiger partial charge in [0.1, 0.15) is 0 Å². The lowest BCUT2D eigenvalue weighted by Crippen LogP contribution is -2.54. The van der Waals surface area contributed by atoms with E-state index < -0.39 is 9.84 Å². The van der Waals surface area contributed by atoms with Crippen molar-refractivity contribution in [1.82, 2.24) is 10.2 Å². The highest BCUT2D eigenvalue weighted by Crippen LogP contribution is 2.18. The van der Waals surface area contributed by atoms with Crippen LogP contribution in [0.4, 0.5) is 0 Å². The molecule has 20 heavy (non-hydrogen) atoms. The first-order chi connectivity index (χ1) is 9.52. The first-order valence-corrected chi connectivity index (χ1v) is 9.59. The van der Waals surface area contributed by atoms with Crippen LogP contribution in [0.2, 0.25) is 0 Å². The zero-order valence-corrected chi connectivity index (χ0v) is 13.1. The molecule has 2 aliphatic rings. The van der Waals surface area contributed by atoms with Crippen LogP contribution in [-0.4, -0.2) is 55.9 Å². The topological polar surface area (TPSA) is 66.5 Å². The number of nitrogens with zero attached hydrogens (tertiary/aromatic N) is 1. The van der Waals surface area contributed by atoms with Crippen molar-refractivity contribution in [3.8, 4) is 0 Å². The van der Waals surface area contributed by atoms with E-state index in [1.165, 1.54) is 19.3 Å². The standard InChI is InChI=1S/C14H26N2O3S/c1-2-13(16-8-10-20(18,19)11-9-16)14(17)15-12-6-4-3-5-7-12/h12-13H,2-11H2,1H3,(H,15,17). The Labute approximate surface area is 122 Å². The highest BCUT2D eigenvalue weighted by molar-refractivity contribution is 7.91. The molecule has 6 heteroatoms. The number of sulfone groups is 1. The lowest BCUT2D eigenvalue weighted by molar-refractivity contribution is -0.127. The second-order valence-electron chi connectivity index (χ2n) is 5.96. The van der Waals surface area contributed by atoms with Gasteiger partial charge in [0.25, 0.3) is 0 Å². The van der Waals surface area contributed by atoms with Gasteiger partial charge in [-0.15, -0.1) is 0 Å². The van der Waals surface area contributed by atoms with Crippen LogP contribution in [0.25, 0.3) is 0 Å². The smallest absolute Gasteiger partial charge is 0.237 e. The van der Waals surface area contributed by atoms with E-state index in [2.05, 4.69) is 5.32 Å². The molecule has 0 radical (unpaired) electrons. The van der Waals surface area contributed by atoms with Gasteiger partial charge in [0.05, 0.1) is 17.5 Å². The van der Waals surface area contributed by atoms with Gasteiger partial charge >= 0.3 is 0 Å². The van der Waals surface area contributed by atoms with Gasteiger partial charge in [0.15, 0.2) is 9.84 Å². The number of hydrogen-bond donors (Lipinski definition) is 1. The van der Waals surface area contributed by atoms with Crippen molar-refractivity contribution in [2.75, 3.05) is 24.6 Å². The summed E-state index contributed by atoms with van der Waals surface area (Å²) in [6.07, 6.45) is 6.56. The monoisotopic (exact) mass is 302 g/mol. The Kier molecular flexibility index (Phi) is 5.43. The molecule has 1 aliphatic heterocycles. The Morgan fingerprint density at radius 1 is 1.20 bits per heavy atom. The van der Waals surface area contributed by atoms with E-state index >= 15 is 0 Å². The summed E-state index contributed by atoms with van der Waals surface area (Å²) in [6.45, 7) is 2.96. The second kappa shape index (κ2) is 6.89. The van der Waals surface area contributed by atoms with Gasteiger partial charge < -0.3 is 5.32 Å². The molecule has 0 aromatic heterocycles. The maximum Gasteiger partial charge on any atom is 0.237 e. The van der Waals surface area contributed by atoms with Gasteiger partial charge in [-0.2, -0.15) is 0 Å². The van der Waals surface area contributed by atoms with E-state index in [1.807, 2.05) is 11.8 Å². The molecule has 1 saturated heterocycles. The lowest BCUT2D eigenvalue weighted by atomic mass is 9.95. The van der Waals surface area contributed by atoms with Crippen molar-refractivity contribution < 1.29 is 13.2 Å². The minimum absolute atomic E-state index is 0.0821. The molecule has 116 valence electrons. The quantitative estimate of drug-likeness (QED) is 0.839. The van der Waals surface area contributed by atoms with E-state index in [0.717, 1.165) is 19.3 Å². The van der Waals surface area contributed by atoms with Crippen LogP contribution in [0, 0.1) is 0 Å². The van der Waals surface area contributed by atoms with Gasteiger partial charge in [-0.1, -0.05) is 26.2 Å². The average Bonchev–Trinajstić information content (AvgIpc) is 2.42. The van der Waals surface area contributed by atoms with E-state index in [1.54, 1.807) is 0 Å². The molecule has 0 aromatic carbocycles. The van der Waals surface area contributed by atoms with Crippen molar-refractivity contribution in [3.63, 3.8) is 0 Å². The number of nitrogens with one attached hydrogen (secondary N) is 1. The summed E-state index contributed by atoms with van der Waals surface area (Å²) in [5.41, 5.74) is 0. The summed E-state index contributed by atoms with van der Waals surface area (Å²) in [6, 6.07) is 0.145. The molecule has 1 aliphatic carbocycles. The third kappa shape index (κ3) is 4.19. The third-order valence-corrected chi connectivity index (χ3v) is 6.07. The normalized spacial score (nSPS) is 26.1. The molecule has 0 aromatic rings. The number of carbonyl (C=O) groups excluding carboxylic acids is 1. The fourth-order valence-corrected chi connectivity index (χ4v) is 4.42. The van der Waals surface area contributed by atoms with Crippen LogP contribution in [0.5, 0.6) is 0 Å². The second-order valence-corrected chi connectivity index (χ2v) is 8.26. The van der Waals surface area contributed by atoms with Gasteiger partial charge in [0.2, 0.25) is 5.91 Å². The Morgan fingerprint density at radius 2 is 1.80 bits per heavy atom. The molecule has 1 saturated carbocycles. The van der Waals surface area contributed by atoms with Crippen molar-refractivity contribution in [1.29, 1.82) is 0 Å². The molecule has 1 heterocycles. The summed E-state index contributed by atoms with van der Waals surface area (Å²) >= 11 is 0. The molecule has 2 fully saturated rings. The minimum atomic E-state index is -2.88. The van der Waals surface area contributed by atoms with Crippen molar-refractivity contribution >= 4 is 15.7 Å². The van der Waals surface area contributed by atoms with Crippen LogP contribution in [0.1, 0.15) is 45.4 Å². The average molecular weight is 302 g/mol. The van der Waals surface area contributed by atoms with Gasteiger partial charge in [-0.3, -0.25) is 9.69 Å². The van der Waals surface area contributed by atoms with Crippen LogP contribution < -0.4 is 5.32 Å². The molecule has 5 nitrogen and oxygen atoms in total. The molecule has 1 unspecified atom stereocenters. The fraction of sp³-hybridized carbons (Fsp3) is 0.929. The number of amides is 1. The number of hydrogen-bond acceptors (Lipinski definition) is 4. The minimum Gasteiger partial charge on any atom is -0.352 e. The predicted octanol–water partition coefficient (Wildman–Crippen LogP) is 0.944. The molecular formula is C14H26N2O3S.